The normalized spacial score (nSPS) is 12.4. The molecule has 0 unspecified atom stereocenters. The molecule has 0 aliphatic heterocycles. The zero-order valence-electron chi connectivity index (χ0n) is 10.0. The molecule has 1 aromatic carbocycles. The van der Waals surface area contributed by atoms with Gasteiger partial charge in [-0.05, 0) is 19.1 Å². The van der Waals surface area contributed by atoms with Crippen molar-refractivity contribution in [2.75, 3.05) is 7.11 Å². The Labute approximate surface area is 110 Å². The van der Waals surface area contributed by atoms with Crippen molar-refractivity contribution in [1.82, 2.24) is 9.97 Å². The molecule has 1 aromatic heterocycles. The molecule has 0 radical (unpaired) electrons. The van der Waals surface area contributed by atoms with Gasteiger partial charge in [0, 0.05) is 18.7 Å². The Balaban J connectivity index is 2.48. The summed E-state index contributed by atoms with van der Waals surface area (Å²) in [6, 6.07) is 7.77. The van der Waals surface area contributed by atoms with Crippen LogP contribution in [0, 0.1) is 5.82 Å². The van der Waals surface area contributed by atoms with Crippen molar-refractivity contribution in [2.45, 2.75) is 13.0 Å². The highest BCUT2D eigenvalue weighted by molar-refractivity contribution is 6.29. The van der Waals surface area contributed by atoms with Crippen LogP contribution in [0.5, 0.6) is 0 Å². The van der Waals surface area contributed by atoms with Gasteiger partial charge in [-0.25, -0.2) is 14.4 Å². The molecule has 3 nitrogen and oxygen atoms in total. The van der Waals surface area contributed by atoms with Gasteiger partial charge < -0.3 is 4.74 Å². The number of ether oxygens (including phenoxy) is 1. The van der Waals surface area contributed by atoms with Gasteiger partial charge in [-0.2, -0.15) is 0 Å². The molecule has 0 spiro atoms. The van der Waals surface area contributed by atoms with Crippen molar-refractivity contribution >= 4 is 11.6 Å². The molecule has 2 rings (SSSR count). The van der Waals surface area contributed by atoms with Crippen LogP contribution in [0.25, 0.3) is 11.3 Å². The predicted molar refractivity (Wildman–Crippen MR) is 67.9 cm³/mol. The number of nitrogens with zero attached hydrogens (tertiary/aromatic N) is 2. The van der Waals surface area contributed by atoms with E-state index in [4.69, 9.17) is 16.3 Å². The largest absolute Gasteiger partial charge is 0.374 e. The summed E-state index contributed by atoms with van der Waals surface area (Å²) in [7, 11) is 1.57. The summed E-state index contributed by atoms with van der Waals surface area (Å²) in [5.74, 6) is 0.160. The minimum atomic E-state index is -0.316. The van der Waals surface area contributed by atoms with Gasteiger partial charge in [-0.15, -0.1) is 0 Å². The van der Waals surface area contributed by atoms with E-state index in [9.17, 15) is 4.39 Å². The van der Waals surface area contributed by atoms with E-state index in [-0.39, 0.29) is 11.9 Å². The molecule has 0 N–H and O–H groups in total. The lowest BCUT2D eigenvalue weighted by Gasteiger charge is -2.10. The van der Waals surface area contributed by atoms with Gasteiger partial charge in [0.1, 0.15) is 17.1 Å². The van der Waals surface area contributed by atoms with Crippen molar-refractivity contribution in [2.24, 2.45) is 0 Å². The summed E-state index contributed by atoms with van der Waals surface area (Å²) in [6.07, 6.45) is -0.268. The molecule has 0 aliphatic rings. The van der Waals surface area contributed by atoms with Crippen molar-refractivity contribution in [3.05, 3.63) is 47.1 Å². The average Bonchev–Trinajstić information content (AvgIpc) is 2.37. The van der Waals surface area contributed by atoms with E-state index >= 15 is 0 Å². The van der Waals surface area contributed by atoms with Crippen LogP contribution in [0.2, 0.25) is 5.15 Å². The van der Waals surface area contributed by atoms with Gasteiger partial charge >= 0.3 is 0 Å². The van der Waals surface area contributed by atoms with E-state index in [1.165, 1.54) is 12.1 Å². The minimum Gasteiger partial charge on any atom is -0.374 e. The molecule has 0 bridgehead atoms. The molecule has 0 saturated heterocycles. The standard InChI is InChI=1S/C13H12ClFN2O/c1-8(18-2)13-16-11(7-12(14)17-13)9-4-3-5-10(15)6-9/h3-8H,1-2H3/t8-/m0/s1. The lowest BCUT2D eigenvalue weighted by atomic mass is 10.1. The van der Waals surface area contributed by atoms with E-state index in [1.54, 1.807) is 25.3 Å². The van der Waals surface area contributed by atoms with Crippen molar-refractivity contribution in [3.8, 4) is 11.3 Å². The predicted octanol–water partition coefficient (Wildman–Crippen LogP) is 3.64. The Bertz CT molecular complexity index is 562. The smallest absolute Gasteiger partial charge is 0.159 e. The zero-order valence-corrected chi connectivity index (χ0v) is 10.8. The van der Waals surface area contributed by atoms with E-state index in [2.05, 4.69) is 9.97 Å². The second kappa shape index (κ2) is 5.42. The summed E-state index contributed by atoms with van der Waals surface area (Å²) in [5, 5.41) is 0.308. The molecular formula is C13H12ClFN2O. The fourth-order valence-electron chi connectivity index (χ4n) is 1.52. The molecule has 0 saturated carbocycles. The highest BCUT2D eigenvalue weighted by atomic mass is 35.5. The maximum absolute atomic E-state index is 13.2. The Morgan fingerprint density at radius 1 is 1.28 bits per heavy atom. The van der Waals surface area contributed by atoms with E-state index in [1.807, 2.05) is 6.92 Å². The van der Waals surface area contributed by atoms with Crippen LogP contribution in [-0.4, -0.2) is 17.1 Å². The van der Waals surface area contributed by atoms with E-state index < -0.39 is 0 Å². The number of rotatable bonds is 3. The Hall–Kier alpha value is -1.52. The average molecular weight is 267 g/mol. The number of hydrogen-bond donors (Lipinski definition) is 0. The first kappa shape index (κ1) is 12.9. The summed E-state index contributed by atoms with van der Waals surface area (Å²) >= 11 is 5.94. The van der Waals surface area contributed by atoms with E-state index in [0.29, 0.717) is 22.2 Å². The van der Waals surface area contributed by atoms with Crippen LogP contribution in [0.1, 0.15) is 18.9 Å². The number of aromatic nitrogens is 2. The maximum Gasteiger partial charge on any atom is 0.159 e. The molecule has 0 fully saturated rings. The first-order valence-electron chi connectivity index (χ1n) is 5.43. The van der Waals surface area contributed by atoms with Crippen LogP contribution < -0.4 is 0 Å². The molecule has 1 atom stereocenters. The van der Waals surface area contributed by atoms with Crippen LogP contribution in [-0.2, 0) is 4.74 Å². The van der Waals surface area contributed by atoms with Gasteiger partial charge in [0.25, 0.3) is 0 Å². The van der Waals surface area contributed by atoms with Gasteiger partial charge in [-0.3, -0.25) is 0 Å². The second-order valence-corrected chi connectivity index (χ2v) is 4.21. The molecule has 94 valence electrons. The van der Waals surface area contributed by atoms with Crippen LogP contribution in [0.4, 0.5) is 4.39 Å². The summed E-state index contributed by atoms with van der Waals surface area (Å²) in [5.41, 5.74) is 1.23. The first-order chi connectivity index (χ1) is 8.60. The SMILES string of the molecule is CO[C@@H](C)c1nc(Cl)cc(-c2cccc(F)c2)n1. The van der Waals surface area contributed by atoms with Crippen LogP contribution in [0.15, 0.2) is 30.3 Å². The number of halogens is 2. The molecule has 18 heavy (non-hydrogen) atoms. The second-order valence-electron chi connectivity index (χ2n) is 3.82. The highest BCUT2D eigenvalue weighted by Crippen LogP contribution is 2.23. The maximum atomic E-state index is 13.2. The Kier molecular flexibility index (Phi) is 3.89. The molecule has 5 heteroatoms. The van der Waals surface area contributed by atoms with Gasteiger partial charge in [0.2, 0.25) is 0 Å². The van der Waals surface area contributed by atoms with Crippen molar-refractivity contribution < 1.29 is 9.13 Å². The van der Waals surface area contributed by atoms with Crippen molar-refractivity contribution in [3.63, 3.8) is 0 Å². The molecule has 0 amide bonds. The van der Waals surface area contributed by atoms with Crippen molar-refractivity contribution in [1.29, 1.82) is 0 Å². The van der Waals surface area contributed by atoms with Crippen LogP contribution >= 0.6 is 11.6 Å². The summed E-state index contributed by atoms with van der Waals surface area (Å²) in [6.45, 7) is 1.82. The Morgan fingerprint density at radius 3 is 2.72 bits per heavy atom. The first-order valence-corrected chi connectivity index (χ1v) is 5.81. The number of benzene rings is 1. The molecule has 2 aromatic rings. The van der Waals surface area contributed by atoms with Gasteiger partial charge in [0.15, 0.2) is 5.82 Å². The molecule has 0 aliphatic carbocycles. The highest BCUT2D eigenvalue weighted by Gasteiger charge is 2.11. The lowest BCUT2D eigenvalue weighted by molar-refractivity contribution is 0.112. The third kappa shape index (κ3) is 2.83. The third-order valence-electron chi connectivity index (χ3n) is 2.55. The summed E-state index contributed by atoms with van der Waals surface area (Å²) in [4.78, 5) is 8.42. The number of methoxy groups -OCH3 is 1. The van der Waals surface area contributed by atoms with E-state index in [0.717, 1.165) is 0 Å². The summed E-state index contributed by atoms with van der Waals surface area (Å²) < 4.78 is 18.3. The molecular weight excluding hydrogens is 255 g/mol. The molecule has 1 heterocycles. The van der Waals surface area contributed by atoms with Gasteiger partial charge in [-0.1, -0.05) is 23.7 Å². The van der Waals surface area contributed by atoms with Gasteiger partial charge in [0.05, 0.1) is 5.69 Å². The third-order valence-corrected chi connectivity index (χ3v) is 2.74. The Morgan fingerprint density at radius 2 is 2.06 bits per heavy atom. The fraction of sp³-hybridized carbons (Fsp3) is 0.231. The van der Waals surface area contributed by atoms with Crippen LogP contribution in [0.3, 0.4) is 0 Å². The number of hydrogen-bond acceptors (Lipinski definition) is 3. The quantitative estimate of drug-likeness (QED) is 0.796. The lowest BCUT2D eigenvalue weighted by Crippen LogP contribution is -2.04. The monoisotopic (exact) mass is 266 g/mol. The topological polar surface area (TPSA) is 35.0 Å². The zero-order chi connectivity index (χ0) is 13.1. The fourth-order valence-corrected chi connectivity index (χ4v) is 1.71. The minimum absolute atomic E-state index is 0.268.